The molecular weight excluding hydrogens is 621 g/mol. The van der Waals surface area contributed by atoms with Crippen LogP contribution in [0.25, 0.3) is 16.8 Å². The Morgan fingerprint density at radius 3 is 2.53 bits per heavy atom. The Kier molecular flexibility index (Phi) is 7.15. The number of nitrogens with one attached hydrogen (secondary N) is 1. The average molecular weight is 667 g/mol. The van der Waals surface area contributed by atoms with Crippen LogP contribution < -0.4 is 10.2 Å². The fraction of sp³-hybridized carbons (Fsp3) is 0.333. The van der Waals surface area contributed by atoms with Gasteiger partial charge >= 0.3 is 0 Å². The van der Waals surface area contributed by atoms with E-state index >= 15 is 0 Å². The monoisotopic (exact) mass is 666 g/mol. The molecule has 11 rings (SSSR count). The van der Waals surface area contributed by atoms with Gasteiger partial charge in [-0.3, -0.25) is 5.32 Å². The second-order valence-electron chi connectivity index (χ2n) is 16.0. The molecule has 254 valence electrons. The molecule has 1 N–H and O–H groups in total. The van der Waals surface area contributed by atoms with Gasteiger partial charge in [0.1, 0.15) is 12.3 Å². The van der Waals surface area contributed by atoms with Crippen LogP contribution >= 0.6 is 0 Å². The van der Waals surface area contributed by atoms with Crippen LogP contribution in [-0.2, 0) is 17.6 Å². The van der Waals surface area contributed by atoms with Gasteiger partial charge in [-0.1, -0.05) is 127 Å². The normalized spacial score (nSPS) is 32.7. The van der Waals surface area contributed by atoms with Gasteiger partial charge in [0.15, 0.2) is 0 Å². The van der Waals surface area contributed by atoms with Gasteiger partial charge in [-0.15, -0.1) is 0 Å². The smallest absolute Gasteiger partial charge is 0.109 e. The van der Waals surface area contributed by atoms with Gasteiger partial charge in [-0.05, 0) is 107 Å². The van der Waals surface area contributed by atoms with Gasteiger partial charge in [-0.25, -0.2) is 0 Å². The molecule has 0 spiro atoms. The lowest BCUT2D eigenvalue weighted by Crippen LogP contribution is -2.65. The van der Waals surface area contributed by atoms with E-state index in [1.165, 1.54) is 58.0 Å². The SMILES string of the molecule is C1=CC2C=C(C3NC(c4ccccc4)N3c3ccc(C4CCc5c(ccc6c5C5C(C=C6)OC6CCC=CC65)C4)c4ccccc34)C=CC2CC1. The van der Waals surface area contributed by atoms with Crippen molar-refractivity contribution in [2.75, 3.05) is 4.90 Å². The van der Waals surface area contributed by atoms with Crippen molar-refractivity contribution in [2.24, 2.45) is 17.8 Å². The van der Waals surface area contributed by atoms with Crippen LogP contribution in [0, 0.1) is 17.8 Å². The highest BCUT2D eigenvalue weighted by atomic mass is 16.5. The van der Waals surface area contributed by atoms with E-state index in [0.29, 0.717) is 35.7 Å². The van der Waals surface area contributed by atoms with Gasteiger partial charge in [-0.2, -0.15) is 0 Å². The van der Waals surface area contributed by atoms with Gasteiger partial charge in [0.05, 0.1) is 12.2 Å². The molecule has 5 aliphatic carbocycles. The van der Waals surface area contributed by atoms with Crippen molar-refractivity contribution in [3.63, 3.8) is 0 Å². The lowest BCUT2D eigenvalue weighted by Gasteiger charge is -2.53. The van der Waals surface area contributed by atoms with E-state index in [2.05, 4.69) is 144 Å². The first-order valence-electron chi connectivity index (χ1n) is 19.6. The highest BCUT2D eigenvalue weighted by Crippen LogP contribution is 2.52. The average Bonchev–Trinajstić information content (AvgIpc) is 3.57. The fourth-order valence-electron chi connectivity index (χ4n) is 10.9. The Balaban J connectivity index is 0.952. The summed E-state index contributed by atoms with van der Waals surface area (Å²) in [5.41, 5.74) is 11.7. The summed E-state index contributed by atoms with van der Waals surface area (Å²) in [6.45, 7) is 0. The second-order valence-corrected chi connectivity index (χ2v) is 16.0. The standard InChI is InChI=1S/C48H46N2O/c1-2-11-32(12-3-1)47-49-48(36-21-18-30-10-4-5-13-33(30)28-36)50(47)42-26-25-37(39-14-6-7-15-40(39)42)34-22-24-38-35(29-34)20-19-31-23-27-44-46(45(31)38)41-16-8-9-17-43(41)51-44/h1-3,5-8,11-16,18-21,23,25-28,30,33-34,41,43-44,46-49H,4,9-10,17,22,24,29H2. The lowest BCUT2D eigenvalue weighted by atomic mass is 9.69. The predicted molar refractivity (Wildman–Crippen MR) is 209 cm³/mol. The summed E-state index contributed by atoms with van der Waals surface area (Å²) >= 11 is 0. The van der Waals surface area contributed by atoms with Gasteiger partial charge < -0.3 is 9.64 Å². The van der Waals surface area contributed by atoms with E-state index in [9.17, 15) is 0 Å². The number of benzene rings is 4. The maximum Gasteiger partial charge on any atom is 0.109 e. The topological polar surface area (TPSA) is 24.5 Å². The molecule has 4 aromatic carbocycles. The number of allylic oxidation sites excluding steroid dienone is 5. The Labute approximate surface area is 302 Å². The Hall–Kier alpha value is -4.44. The molecule has 2 fully saturated rings. The molecule has 0 saturated carbocycles. The maximum atomic E-state index is 6.65. The van der Waals surface area contributed by atoms with E-state index < -0.39 is 0 Å². The van der Waals surface area contributed by atoms with Crippen molar-refractivity contribution < 1.29 is 4.74 Å². The van der Waals surface area contributed by atoms with Crippen LogP contribution in [0.5, 0.6) is 0 Å². The summed E-state index contributed by atoms with van der Waals surface area (Å²) in [6, 6.07) is 30.0. The van der Waals surface area contributed by atoms with Crippen molar-refractivity contribution >= 4 is 22.5 Å². The van der Waals surface area contributed by atoms with Crippen molar-refractivity contribution in [3.8, 4) is 0 Å². The molecule has 4 aromatic rings. The minimum Gasteiger partial charge on any atom is -0.370 e. The van der Waals surface area contributed by atoms with Crippen LogP contribution in [0.4, 0.5) is 5.69 Å². The molecule has 9 atom stereocenters. The van der Waals surface area contributed by atoms with Crippen molar-refractivity contribution in [1.82, 2.24) is 5.32 Å². The number of hydrogen-bond acceptors (Lipinski definition) is 3. The molecule has 51 heavy (non-hydrogen) atoms. The summed E-state index contributed by atoms with van der Waals surface area (Å²) in [5, 5.41) is 6.75. The zero-order chi connectivity index (χ0) is 33.5. The van der Waals surface area contributed by atoms with Crippen LogP contribution in [0.2, 0.25) is 0 Å². The van der Waals surface area contributed by atoms with Crippen molar-refractivity contribution in [3.05, 3.63) is 166 Å². The third kappa shape index (κ3) is 4.85. The second kappa shape index (κ2) is 12.1. The minimum atomic E-state index is 0.128. The van der Waals surface area contributed by atoms with Crippen LogP contribution in [0.15, 0.2) is 133 Å². The Bertz CT molecular complexity index is 2170. The highest BCUT2D eigenvalue weighted by molar-refractivity contribution is 5.97. The maximum absolute atomic E-state index is 6.65. The first-order valence-corrected chi connectivity index (χ1v) is 19.6. The summed E-state index contributed by atoms with van der Waals surface area (Å²) in [5.74, 6) is 2.60. The molecule has 3 heteroatoms. The molecule has 2 heterocycles. The summed E-state index contributed by atoms with van der Waals surface area (Å²) in [7, 11) is 0. The molecule has 0 amide bonds. The van der Waals surface area contributed by atoms with Crippen molar-refractivity contribution in [2.45, 2.75) is 81.3 Å². The minimum absolute atomic E-state index is 0.128. The first kappa shape index (κ1) is 30.2. The third-order valence-electron chi connectivity index (χ3n) is 13.4. The quantitative estimate of drug-likeness (QED) is 0.219. The molecule has 2 saturated heterocycles. The molecule has 7 aliphatic rings. The van der Waals surface area contributed by atoms with Crippen LogP contribution in [-0.4, -0.2) is 18.4 Å². The number of fused-ring (bicyclic) bond motifs is 9. The largest absolute Gasteiger partial charge is 0.370 e. The van der Waals surface area contributed by atoms with Crippen molar-refractivity contribution in [1.29, 1.82) is 0 Å². The van der Waals surface area contributed by atoms with Gasteiger partial charge in [0.2, 0.25) is 0 Å². The molecule has 3 nitrogen and oxygen atoms in total. The summed E-state index contributed by atoms with van der Waals surface area (Å²) in [4.78, 5) is 2.65. The van der Waals surface area contributed by atoms with E-state index in [-0.39, 0.29) is 18.4 Å². The lowest BCUT2D eigenvalue weighted by molar-refractivity contribution is 0.0542. The zero-order valence-electron chi connectivity index (χ0n) is 29.2. The van der Waals surface area contributed by atoms with Crippen LogP contribution in [0.3, 0.4) is 0 Å². The molecule has 2 aliphatic heterocycles. The number of nitrogens with zero attached hydrogens (tertiary/aromatic N) is 1. The molecule has 0 radical (unpaired) electrons. The Morgan fingerprint density at radius 2 is 1.59 bits per heavy atom. The Morgan fingerprint density at radius 1 is 0.725 bits per heavy atom. The highest BCUT2D eigenvalue weighted by Gasteiger charge is 2.47. The summed E-state index contributed by atoms with van der Waals surface area (Å²) < 4.78 is 6.65. The van der Waals surface area contributed by atoms with Gasteiger partial charge in [0.25, 0.3) is 0 Å². The molecule has 0 bridgehead atoms. The summed E-state index contributed by atoms with van der Waals surface area (Å²) in [6.07, 6.45) is 30.8. The molecule has 9 unspecified atom stereocenters. The zero-order valence-corrected chi connectivity index (χ0v) is 29.2. The van der Waals surface area contributed by atoms with E-state index in [4.69, 9.17) is 4.74 Å². The fourth-order valence-corrected chi connectivity index (χ4v) is 10.9. The molecule has 0 aromatic heterocycles. The van der Waals surface area contributed by atoms with Gasteiger partial charge in [0, 0.05) is 28.8 Å². The number of anilines is 1. The van der Waals surface area contributed by atoms with E-state index in [0.717, 1.165) is 25.7 Å². The molecular formula is C48H46N2O. The van der Waals surface area contributed by atoms with E-state index in [1.807, 2.05) is 0 Å². The number of ether oxygens (including phenoxy) is 1. The third-order valence-corrected chi connectivity index (χ3v) is 13.4. The number of hydrogen-bond donors (Lipinski definition) is 1. The number of rotatable bonds is 4. The van der Waals surface area contributed by atoms with Crippen LogP contribution in [0.1, 0.15) is 83.5 Å². The first-order chi connectivity index (χ1) is 25.3. The van der Waals surface area contributed by atoms with E-state index in [1.54, 1.807) is 16.7 Å². The predicted octanol–water partition coefficient (Wildman–Crippen LogP) is 10.5.